The molecule has 0 bridgehead atoms. The normalized spacial score (nSPS) is 15.2. The fraction of sp³-hybridized carbons (Fsp3) is 0.250. The van der Waals surface area contributed by atoms with Gasteiger partial charge in [-0.05, 0) is 18.1 Å². The number of hydrogen-bond donors (Lipinski definition) is 1. The highest BCUT2D eigenvalue weighted by atomic mass is 32.2. The maximum atomic E-state index is 13.0. The van der Waals surface area contributed by atoms with Crippen LogP contribution in [0.2, 0.25) is 0 Å². The molecular formula is C16H15F3O3S. The van der Waals surface area contributed by atoms with E-state index in [1.165, 1.54) is 36.4 Å². The number of rotatable bonds is 4. The molecule has 2 rings (SSSR count). The second-order valence-electron chi connectivity index (χ2n) is 5.18. The smallest absolute Gasteiger partial charge is 0.387 e. The molecule has 0 unspecified atom stereocenters. The highest BCUT2D eigenvalue weighted by molar-refractivity contribution is 7.92. The maximum absolute atomic E-state index is 13.0. The molecule has 0 aliphatic carbocycles. The highest BCUT2D eigenvalue weighted by Crippen LogP contribution is 2.42. The molecule has 7 heteroatoms. The summed E-state index contributed by atoms with van der Waals surface area (Å²) in [5, 5.41) is 8.23. The van der Waals surface area contributed by atoms with Gasteiger partial charge in [0.1, 0.15) is 11.4 Å². The van der Waals surface area contributed by atoms with Crippen LogP contribution < -0.4 is 0 Å². The molecule has 0 aliphatic rings. The number of benzene rings is 2. The first-order valence-electron chi connectivity index (χ1n) is 6.74. The zero-order chi connectivity index (χ0) is 17.3. The molecule has 2 aromatic rings. The van der Waals surface area contributed by atoms with Crippen LogP contribution in [0.5, 0.6) is 0 Å². The van der Waals surface area contributed by atoms with Crippen molar-refractivity contribution in [3.05, 3.63) is 71.3 Å². The summed E-state index contributed by atoms with van der Waals surface area (Å²) in [6.45, 7) is 1.78. The lowest BCUT2D eigenvalue weighted by atomic mass is 10.00. The topological polar surface area (TPSA) is 54.4 Å². The lowest BCUT2D eigenvalue weighted by molar-refractivity contribution is -0.0460. The van der Waals surface area contributed by atoms with Crippen LogP contribution >= 0.6 is 0 Å². The Labute approximate surface area is 132 Å². The molecule has 2 aromatic carbocycles. The van der Waals surface area contributed by atoms with Gasteiger partial charge in [0, 0.05) is 0 Å². The second kappa shape index (κ2) is 6.33. The maximum Gasteiger partial charge on any atom is 0.498 e. The summed E-state index contributed by atoms with van der Waals surface area (Å²) < 4.78 is 62.9. The van der Waals surface area contributed by atoms with Crippen molar-refractivity contribution in [2.45, 2.75) is 23.8 Å². The van der Waals surface area contributed by atoms with E-state index in [1.54, 1.807) is 25.1 Å². The van der Waals surface area contributed by atoms with E-state index in [0.717, 1.165) is 5.56 Å². The molecular weight excluding hydrogens is 329 g/mol. The summed E-state index contributed by atoms with van der Waals surface area (Å²) in [4.78, 5) is 0. The molecule has 0 fully saturated rings. The van der Waals surface area contributed by atoms with E-state index in [0.29, 0.717) is 0 Å². The molecule has 1 N–H and O–H groups in total. The summed E-state index contributed by atoms with van der Waals surface area (Å²) in [7, 11) is -5.60. The van der Waals surface area contributed by atoms with Gasteiger partial charge in [-0.15, -0.1) is 0 Å². The number of sulfone groups is 1. The van der Waals surface area contributed by atoms with Gasteiger partial charge in [-0.25, -0.2) is 8.42 Å². The molecule has 3 nitrogen and oxygen atoms in total. The van der Waals surface area contributed by atoms with E-state index in [4.69, 9.17) is 0 Å². The number of aliphatic hydroxyl groups is 1. The molecule has 0 spiro atoms. The molecule has 2 atom stereocenters. The van der Waals surface area contributed by atoms with E-state index < -0.39 is 26.7 Å². The standard InChI is InChI=1S/C16H15F3O3S/c1-11-7-9-12(10-8-11)14(20)15(13-5-3-2-4-6-13)23(21,22)16(17,18)19/h2-10,14-15,20H,1H3/t14-,15-/m1/s1. The zero-order valence-corrected chi connectivity index (χ0v) is 13.0. The Bertz CT molecular complexity index is 753. The molecule has 0 amide bonds. The quantitative estimate of drug-likeness (QED) is 0.920. The van der Waals surface area contributed by atoms with Crippen molar-refractivity contribution in [1.29, 1.82) is 0 Å². The van der Waals surface area contributed by atoms with E-state index in [-0.39, 0.29) is 11.1 Å². The fourth-order valence-corrected chi connectivity index (χ4v) is 3.56. The summed E-state index contributed by atoms with van der Waals surface area (Å²) in [5.74, 6) is 0. The van der Waals surface area contributed by atoms with Crippen LogP contribution in [0.4, 0.5) is 13.2 Å². The van der Waals surface area contributed by atoms with Crippen LogP contribution in [0.25, 0.3) is 0 Å². The largest absolute Gasteiger partial charge is 0.498 e. The molecule has 0 heterocycles. The average molecular weight is 344 g/mol. The van der Waals surface area contributed by atoms with Crippen molar-refractivity contribution in [3.8, 4) is 0 Å². The Morgan fingerprint density at radius 2 is 1.43 bits per heavy atom. The van der Waals surface area contributed by atoms with Crippen molar-refractivity contribution in [2.75, 3.05) is 0 Å². The van der Waals surface area contributed by atoms with Gasteiger partial charge >= 0.3 is 5.51 Å². The number of aryl methyl sites for hydroxylation is 1. The third kappa shape index (κ3) is 3.56. The minimum absolute atomic E-state index is 0.109. The number of hydrogen-bond acceptors (Lipinski definition) is 3. The summed E-state index contributed by atoms with van der Waals surface area (Å²) in [6, 6.07) is 13.0. The second-order valence-corrected chi connectivity index (χ2v) is 7.24. The SMILES string of the molecule is Cc1ccc([C@@H](O)[C@@H](c2ccccc2)S(=O)(=O)C(F)(F)F)cc1. The summed E-state index contributed by atoms with van der Waals surface area (Å²) in [5.41, 5.74) is -4.62. The first-order chi connectivity index (χ1) is 10.6. The Morgan fingerprint density at radius 1 is 0.913 bits per heavy atom. The van der Waals surface area contributed by atoms with E-state index in [2.05, 4.69) is 0 Å². The number of halogens is 3. The van der Waals surface area contributed by atoms with Crippen molar-refractivity contribution in [2.24, 2.45) is 0 Å². The Balaban J connectivity index is 2.57. The van der Waals surface area contributed by atoms with E-state index in [9.17, 15) is 26.7 Å². The third-order valence-electron chi connectivity index (χ3n) is 3.49. The minimum Gasteiger partial charge on any atom is -0.387 e. The summed E-state index contributed by atoms with van der Waals surface area (Å²) in [6.07, 6.45) is -1.83. The molecule has 0 aliphatic heterocycles. The lowest BCUT2D eigenvalue weighted by Gasteiger charge is -2.25. The lowest BCUT2D eigenvalue weighted by Crippen LogP contribution is -2.32. The zero-order valence-electron chi connectivity index (χ0n) is 12.2. The van der Waals surface area contributed by atoms with Gasteiger partial charge < -0.3 is 5.11 Å². The van der Waals surface area contributed by atoms with Crippen LogP contribution in [0.15, 0.2) is 54.6 Å². The van der Waals surface area contributed by atoms with Crippen LogP contribution in [0.1, 0.15) is 28.0 Å². The van der Waals surface area contributed by atoms with E-state index in [1.807, 2.05) is 0 Å². The molecule has 0 saturated heterocycles. The molecule has 23 heavy (non-hydrogen) atoms. The summed E-state index contributed by atoms with van der Waals surface area (Å²) >= 11 is 0. The van der Waals surface area contributed by atoms with Crippen molar-refractivity contribution >= 4 is 9.84 Å². The monoisotopic (exact) mass is 344 g/mol. The van der Waals surface area contributed by atoms with Crippen molar-refractivity contribution < 1.29 is 26.7 Å². The van der Waals surface area contributed by atoms with Crippen LogP contribution in [0, 0.1) is 6.92 Å². The van der Waals surface area contributed by atoms with Gasteiger partial charge in [-0.3, -0.25) is 0 Å². The molecule has 0 aromatic heterocycles. The predicted octanol–water partition coefficient (Wildman–Crippen LogP) is 3.70. The number of aliphatic hydroxyl groups excluding tert-OH is 1. The average Bonchev–Trinajstić information content (AvgIpc) is 2.47. The fourth-order valence-electron chi connectivity index (χ4n) is 2.26. The Morgan fingerprint density at radius 3 is 1.91 bits per heavy atom. The van der Waals surface area contributed by atoms with Crippen LogP contribution in [-0.2, 0) is 9.84 Å². The highest BCUT2D eigenvalue weighted by Gasteiger charge is 2.53. The van der Waals surface area contributed by atoms with E-state index >= 15 is 0 Å². The Hall–Kier alpha value is -1.86. The van der Waals surface area contributed by atoms with Gasteiger partial charge in [0.2, 0.25) is 0 Å². The van der Waals surface area contributed by atoms with Gasteiger partial charge in [-0.1, -0.05) is 60.2 Å². The number of alkyl halides is 3. The first kappa shape index (κ1) is 17.5. The van der Waals surface area contributed by atoms with Gasteiger partial charge in [0.25, 0.3) is 9.84 Å². The molecule has 0 saturated carbocycles. The third-order valence-corrected chi connectivity index (χ3v) is 5.33. The van der Waals surface area contributed by atoms with Crippen LogP contribution in [0.3, 0.4) is 0 Å². The van der Waals surface area contributed by atoms with Crippen molar-refractivity contribution in [1.82, 2.24) is 0 Å². The molecule has 0 radical (unpaired) electrons. The van der Waals surface area contributed by atoms with Gasteiger partial charge in [0.05, 0.1) is 0 Å². The van der Waals surface area contributed by atoms with Crippen molar-refractivity contribution in [3.63, 3.8) is 0 Å². The minimum atomic E-state index is -5.60. The molecule has 124 valence electrons. The Kier molecular flexibility index (Phi) is 4.81. The van der Waals surface area contributed by atoms with Crippen LogP contribution in [-0.4, -0.2) is 19.0 Å². The first-order valence-corrected chi connectivity index (χ1v) is 8.29. The van der Waals surface area contributed by atoms with Gasteiger partial charge in [-0.2, -0.15) is 13.2 Å². The predicted molar refractivity (Wildman–Crippen MR) is 80.3 cm³/mol. The van der Waals surface area contributed by atoms with Gasteiger partial charge in [0.15, 0.2) is 0 Å².